The van der Waals surface area contributed by atoms with E-state index in [1.807, 2.05) is 66.7 Å². The molecule has 4 aromatic rings. The van der Waals surface area contributed by atoms with E-state index in [1.165, 1.54) is 7.11 Å². The van der Waals surface area contributed by atoms with Crippen LogP contribution in [-0.4, -0.2) is 23.0 Å². The summed E-state index contributed by atoms with van der Waals surface area (Å²) in [5.41, 5.74) is 4.23. The van der Waals surface area contributed by atoms with E-state index >= 15 is 0 Å². The number of hydrogen-bond donors (Lipinski definition) is 0. The molecule has 0 saturated carbocycles. The highest BCUT2D eigenvalue weighted by Crippen LogP contribution is 2.31. The average Bonchev–Trinajstić information content (AvgIpc) is 2.79. The fourth-order valence-corrected chi connectivity index (χ4v) is 3.25. The van der Waals surface area contributed by atoms with Gasteiger partial charge in [-0.15, -0.1) is 0 Å². The normalized spacial score (nSPS) is 10.6. The summed E-state index contributed by atoms with van der Waals surface area (Å²) in [6, 6.07) is 26.6. The minimum atomic E-state index is -0.469. The van der Waals surface area contributed by atoms with Gasteiger partial charge in [0.15, 0.2) is 5.82 Å². The van der Waals surface area contributed by atoms with Crippen LogP contribution in [-0.2, 0) is 4.74 Å². The Morgan fingerprint density at radius 3 is 2.07 bits per heavy atom. The first kappa shape index (κ1) is 18.8. The molecule has 0 atom stereocenters. The number of benzene rings is 3. The first-order valence-corrected chi connectivity index (χ1v) is 9.41. The molecule has 3 aromatic carbocycles. The number of carbonyl (C=O) groups excluding carboxylic acids is 1. The van der Waals surface area contributed by atoms with Gasteiger partial charge >= 0.3 is 5.97 Å². The van der Waals surface area contributed by atoms with Crippen molar-refractivity contribution in [2.45, 2.75) is 0 Å². The van der Waals surface area contributed by atoms with Crippen molar-refractivity contribution < 1.29 is 9.53 Å². The minimum Gasteiger partial charge on any atom is -0.465 e. The van der Waals surface area contributed by atoms with Gasteiger partial charge < -0.3 is 4.74 Å². The fourth-order valence-electron chi connectivity index (χ4n) is 3.08. The molecule has 142 valence electrons. The lowest BCUT2D eigenvalue weighted by molar-refractivity contribution is 0.0601. The molecule has 0 amide bonds. The number of rotatable bonds is 4. The Bertz CT molecular complexity index is 1100. The number of nitrogens with zero attached hydrogens (tertiary/aromatic N) is 2. The van der Waals surface area contributed by atoms with Gasteiger partial charge in [-0.1, -0.05) is 78.3 Å². The Hall–Kier alpha value is -3.50. The molecule has 0 radical (unpaired) electrons. The lowest BCUT2D eigenvalue weighted by Gasteiger charge is -2.12. The zero-order valence-corrected chi connectivity index (χ0v) is 16.4. The Morgan fingerprint density at radius 1 is 0.793 bits per heavy atom. The van der Waals surface area contributed by atoms with Crippen LogP contribution < -0.4 is 0 Å². The summed E-state index contributed by atoms with van der Waals surface area (Å²) in [6.45, 7) is 0. The van der Waals surface area contributed by atoms with Gasteiger partial charge in [-0.25, -0.2) is 14.8 Å². The van der Waals surface area contributed by atoms with E-state index in [4.69, 9.17) is 26.3 Å². The van der Waals surface area contributed by atoms with Crippen LogP contribution >= 0.6 is 11.6 Å². The van der Waals surface area contributed by atoms with Crippen LogP contribution in [0.3, 0.4) is 0 Å². The van der Waals surface area contributed by atoms with Crippen LogP contribution in [0.15, 0.2) is 84.9 Å². The van der Waals surface area contributed by atoms with Gasteiger partial charge in [0, 0.05) is 21.7 Å². The summed E-state index contributed by atoms with van der Waals surface area (Å²) in [6.07, 6.45) is 0. The van der Waals surface area contributed by atoms with E-state index in [0.717, 1.165) is 16.8 Å². The molecular weight excluding hydrogens is 384 g/mol. The highest BCUT2D eigenvalue weighted by molar-refractivity contribution is 6.31. The van der Waals surface area contributed by atoms with Gasteiger partial charge in [-0.2, -0.15) is 0 Å². The smallest absolute Gasteiger partial charge is 0.338 e. The summed E-state index contributed by atoms with van der Waals surface area (Å²) in [7, 11) is 1.35. The lowest BCUT2D eigenvalue weighted by atomic mass is 10.0. The standard InChI is InChI=1S/C24H17ClN2O2/c1-29-24(28)20-14-18(25)12-13-19(20)22-15-21(16-8-4-2-5-9-16)26-23(27-22)17-10-6-3-7-11-17/h2-15H,1H3. The third-order valence-electron chi connectivity index (χ3n) is 4.49. The van der Waals surface area contributed by atoms with E-state index in [0.29, 0.717) is 27.7 Å². The summed E-state index contributed by atoms with van der Waals surface area (Å²) in [5.74, 6) is 0.108. The predicted octanol–water partition coefficient (Wildman–Crippen LogP) is 5.92. The summed E-state index contributed by atoms with van der Waals surface area (Å²) in [4.78, 5) is 21.8. The molecular formula is C24H17ClN2O2. The Kier molecular flexibility index (Phi) is 5.36. The van der Waals surface area contributed by atoms with E-state index in [2.05, 4.69) is 0 Å². The first-order valence-electron chi connectivity index (χ1n) is 9.04. The molecule has 0 bridgehead atoms. The van der Waals surface area contributed by atoms with Crippen molar-refractivity contribution in [1.82, 2.24) is 9.97 Å². The SMILES string of the molecule is COC(=O)c1cc(Cl)ccc1-c1cc(-c2ccccc2)nc(-c2ccccc2)n1. The Balaban J connectivity index is 1.96. The summed E-state index contributed by atoms with van der Waals surface area (Å²) in [5, 5.41) is 0.453. The van der Waals surface area contributed by atoms with E-state index in [9.17, 15) is 4.79 Å². The van der Waals surface area contributed by atoms with Crippen molar-refractivity contribution >= 4 is 17.6 Å². The zero-order valence-electron chi connectivity index (χ0n) is 15.7. The highest BCUT2D eigenvalue weighted by Gasteiger charge is 2.17. The Morgan fingerprint density at radius 2 is 1.41 bits per heavy atom. The molecule has 0 unspecified atom stereocenters. The molecule has 1 heterocycles. The van der Waals surface area contributed by atoms with Crippen LogP contribution in [0.25, 0.3) is 33.9 Å². The van der Waals surface area contributed by atoms with Crippen molar-refractivity contribution in [3.8, 4) is 33.9 Å². The zero-order chi connectivity index (χ0) is 20.2. The second-order valence-corrected chi connectivity index (χ2v) is 6.81. The monoisotopic (exact) mass is 400 g/mol. The van der Waals surface area contributed by atoms with Gasteiger partial charge in [0.1, 0.15) is 0 Å². The topological polar surface area (TPSA) is 52.1 Å². The average molecular weight is 401 g/mol. The molecule has 5 heteroatoms. The molecule has 0 spiro atoms. The van der Waals surface area contributed by atoms with Crippen LogP contribution in [0.4, 0.5) is 0 Å². The Labute approximate surface area is 173 Å². The molecule has 0 aliphatic heterocycles. The number of hydrogen-bond acceptors (Lipinski definition) is 4. The minimum absolute atomic E-state index is 0.358. The molecule has 0 N–H and O–H groups in total. The van der Waals surface area contributed by atoms with Crippen LogP contribution in [0.2, 0.25) is 5.02 Å². The van der Waals surface area contributed by atoms with Gasteiger partial charge in [0.05, 0.1) is 24.1 Å². The van der Waals surface area contributed by atoms with Gasteiger partial charge in [0.25, 0.3) is 0 Å². The molecule has 1 aromatic heterocycles. The van der Waals surface area contributed by atoms with Crippen molar-refractivity contribution in [2.24, 2.45) is 0 Å². The molecule has 29 heavy (non-hydrogen) atoms. The first-order chi connectivity index (χ1) is 14.2. The quantitative estimate of drug-likeness (QED) is 0.399. The maximum absolute atomic E-state index is 12.3. The lowest BCUT2D eigenvalue weighted by Crippen LogP contribution is -2.05. The van der Waals surface area contributed by atoms with Crippen molar-refractivity contribution in [2.75, 3.05) is 7.11 Å². The second kappa shape index (κ2) is 8.25. The number of halogens is 1. The van der Waals surface area contributed by atoms with Crippen LogP contribution in [0.1, 0.15) is 10.4 Å². The maximum Gasteiger partial charge on any atom is 0.338 e. The predicted molar refractivity (Wildman–Crippen MR) is 115 cm³/mol. The van der Waals surface area contributed by atoms with Crippen LogP contribution in [0, 0.1) is 0 Å². The summed E-state index contributed by atoms with van der Waals surface area (Å²) < 4.78 is 4.94. The van der Waals surface area contributed by atoms with Crippen molar-refractivity contribution in [3.05, 3.63) is 95.5 Å². The second-order valence-electron chi connectivity index (χ2n) is 6.38. The van der Waals surface area contributed by atoms with Gasteiger partial charge in [0.2, 0.25) is 0 Å². The summed E-state index contributed by atoms with van der Waals surface area (Å²) >= 11 is 6.12. The van der Waals surface area contributed by atoms with Crippen LogP contribution in [0.5, 0.6) is 0 Å². The fraction of sp³-hybridized carbons (Fsp3) is 0.0417. The molecule has 0 aliphatic carbocycles. The number of esters is 1. The van der Waals surface area contributed by atoms with Crippen molar-refractivity contribution in [3.63, 3.8) is 0 Å². The van der Waals surface area contributed by atoms with E-state index in [1.54, 1.807) is 18.2 Å². The third-order valence-corrected chi connectivity index (χ3v) is 4.73. The van der Waals surface area contributed by atoms with Crippen molar-refractivity contribution in [1.29, 1.82) is 0 Å². The maximum atomic E-state index is 12.3. The number of carbonyl (C=O) groups is 1. The van der Waals surface area contributed by atoms with E-state index < -0.39 is 5.97 Å². The largest absolute Gasteiger partial charge is 0.465 e. The molecule has 0 fully saturated rings. The number of ether oxygens (including phenoxy) is 1. The molecule has 4 nitrogen and oxygen atoms in total. The third kappa shape index (κ3) is 4.03. The molecule has 0 aliphatic rings. The van der Waals surface area contributed by atoms with E-state index in [-0.39, 0.29) is 0 Å². The molecule has 0 saturated heterocycles. The highest BCUT2D eigenvalue weighted by atomic mass is 35.5. The number of aromatic nitrogens is 2. The molecule has 4 rings (SSSR count). The number of methoxy groups -OCH3 is 1. The van der Waals surface area contributed by atoms with Gasteiger partial charge in [-0.05, 0) is 18.2 Å². The van der Waals surface area contributed by atoms with Gasteiger partial charge in [-0.3, -0.25) is 0 Å².